The van der Waals surface area contributed by atoms with E-state index >= 15 is 0 Å². The third-order valence-corrected chi connectivity index (χ3v) is 4.01. The van der Waals surface area contributed by atoms with Gasteiger partial charge in [0.05, 0.1) is 11.8 Å². The van der Waals surface area contributed by atoms with E-state index in [0.717, 1.165) is 36.4 Å². The van der Waals surface area contributed by atoms with E-state index in [1.165, 1.54) is 0 Å². The molecule has 7 nitrogen and oxygen atoms in total. The van der Waals surface area contributed by atoms with E-state index in [4.69, 9.17) is 11.1 Å². The maximum absolute atomic E-state index is 14.2. The number of azide groups is 2. The van der Waals surface area contributed by atoms with Gasteiger partial charge >= 0.3 is 0 Å². The first-order valence-corrected chi connectivity index (χ1v) is 7.84. The van der Waals surface area contributed by atoms with Crippen LogP contribution in [0.2, 0.25) is 0 Å². The van der Waals surface area contributed by atoms with Crippen molar-refractivity contribution in [3.63, 3.8) is 0 Å². The first kappa shape index (κ1) is 20.8. The number of nitrogens with zero attached hydrogens (tertiary/aromatic N) is 6. The normalized spacial score (nSPS) is 12.4. The van der Waals surface area contributed by atoms with Crippen LogP contribution in [0, 0.1) is 23.3 Å². The molecule has 2 unspecified atom stereocenters. The Bertz CT molecular complexity index is 908. The van der Waals surface area contributed by atoms with E-state index in [1.807, 2.05) is 0 Å². The topological polar surface area (TPSA) is 115 Å². The second-order valence-corrected chi connectivity index (χ2v) is 5.67. The number of hydrogen-bond donors (Lipinski definition) is 0. The molecule has 0 aromatic heterocycles. The molecular weight excluding hydrogens is 380 g/mol. The fraction of sp³-hybridized carbons (Fsp3) is 0.235. The van der Waals surface area contributed by atoms with E-state index in [-0.39, 0.29) is 0 Å². The van der Waals surface area contributed by atoms with Gasteiger partial charge in [0.1, 0.15) is 29.1 Å². The highest BCUT2D eigenvalue weighted by Crippen LogP contribution is 2.31. The van der Waals surface area contributed by atoms with Crippen LogP contribution >= 0.6 is 0 Å². The number of halogens is 4. The Hall–Kier alpha value is -3.55. The second-order valence-electron chi connectivity index (χ2n) is 5.67. The van der Waals surface area contributed by atoms with E-state index in [2.05, 4.69) is 20.1 Å². The smallest absolute Gasteiger partial charge is 0.148 e. The molecule has 2 aromatic carbocycles. The molecule has 0 saturated heterocycles. The van der Waals surface area contributed by atoms with Crippen LogP contribution in [0.4, 0.5) is 17.6 Å². The number of Topliss-reactive ketones (excluding diaryl/α,β-unsaturated/α-hetero) is 1. The first-order chi connectivity index (χ1) is 13.4. The highest BCUT2D eigenvalue weighted by atomic mass is 19.1. The predicted molar refractivity (Wildman–Crippen MR) is 91.2 cm³/mol. The van der Waals surface area contributed by atoms with Gasteiger partial charge in [-0.15, -0.1) is 0 Å². The minimum Gasteiger partial charge on any atom is -0.298 e. The molecule has 28 heavy (non-hydrogen) atoms. The number of rotatable bonds is 8. The third kappa shape index (κ3) is 4.79. The maximum atomic E-state index is 14.2. The van der Waals surface area contributed by atoms with Crippen LogP contribution in [0.25, 0.3) is 20.9 Å². The first-order valence-electron chi connectivity index (χ1n) is 7.84. The Morgan fingerprint density at radius 1 is 0.821 bits per heavy atom. The molecule has 0 aliphatic heterocycles. The van der Waals surface area contributed by atoms with E-state index in [0.29, 0.717) is 0 Å². The molecule has 2 aromatic rings. The van der Waals surface area contributed by atoms with Crippen molar-refractivity contribution < 1.29 is 22.4 Å². The summed E-state index contributed by atoms with van der Waals surface area (Å²) in [5, 5.41) is 6.47. The maximum Gasteiger partial charge on any atom is 0.148 e. The minimum absolute atomic E-state index is 0.417. The molecule has 0 fully saturated rings. The van der Waals surface area contributed by atoms with Crippen molar-refractivity contribution in [2.24, 2.45) is 10.2 Å². The van der Waals surface area contributed by atoms with Crippen molar-refractivity contribution >= 4 is 5.78 Å². The Labute approximate surface area is 155 Å². The molecule has 0 saturated carbocycles. The highest BCUT2D eigenvalue weighted by Gasteiger charge is 2.32. The zero-order chi connectivity index (χ0) is 20.7. The minimum atomic E-state index is -1.51. The van der Waals surface area contributed by atoms with E-state index < -0.39 is 65.1 Å². The number of carbonyl (C=O) groups excluding carboxylic acids is 1. The average molecular weight is 392 g/mol. The van der Waals surface area contributed by atoms with E-state index in [9.17, 15) is 22.4 Å². The summed E-state index contributed by atoms with van der Waals surface area (Å²) in [5.74, 6) is -7.53. The molecule has 144 valence electrons. The zero-order valence-corrected chi connectivity index (χ0v) is 14.1. The van der Waals surface area contributed by atoms with Crippen molar-refractivity contribution in [3.8, 4) is 0 Å². The molecule has 2 rings (SSSR count). The lowest BCUT2D eigenvalue weighted by Crippen LogP contribution is -2.26. The number of benzene rings is 2. The Morgan fingerprint density at radius 3 is 1.57 bits per heavy atom. The van der Waals surface area contributed by atoms with Crippen LogP contribution < -0.4 is 0 Å². The van der Waals surface area contributed by atoms with Crippen molar-refractivity contribution in [2.45, 2.75) is 11.8 Å². The number of hydrogen-bond acceptors (Lipinski definition) is 3. The molecule has 0 bridgehead atoms. The van der Waals surface area contributed by atoms with Crippen molar-refractivity contribution in [1.82, 2.24) is 0 Å². The summed E-state index contributed by atoms with van der Waals surface area (Å²) in [6.07, 6.45) is 0. The van der Waals surface area contributed by atoms with Crippen molar-refractivity contribution in [3.05, 3.63) is 91.7 Å². The molecular formula is C17H12F4N6O. The van der Waals surface area contributed by atoms with Crippen LogP contribution in [0.15, 0.2) is 46.6 Å². The molecule has 0 radical (unpaired) electrons. The lowest BCUT2D eigenvalue weighted by molar-refractivity contribution is -0.121. The van der Waals surface area contributed by atoms with Crippen LogP contribution in [-0.4, -0.2) is 18.9 Å². The molecule has 0 amide bonds. The van der Waals surface area contributed by atoms with Crippen LogP contribution in [0.5, 0.6) is 0 Å². The molecule has 0 aliphatic carbocycles. The summed E-state index contributed by atoms with van der Waals surface area (Å²) in [4.78, 5) is 18.0. The quantitative estimate of drug-likeness (QED) is 0.258. The summed E-state index contributed by atoms with van der Waals surface area (Å²) < 4.78 is 55.6. The van der Waals surface area contributed by atoms with Crippen molar-refractivity contribution in [1.29, 1.82) is 0 Å². The monoisotopic (exact) mass is 392 g/mol. The summed E-state index contributed by atoms with van der Waals surface area (Å²) in [7, 11) is 0. The van der Waals surface area contributed by atoms with Gasteiger partial charge in [0.25, 0.3) is 0 Å². The largest absolute Gasteiger partial charge is 0.298 e. The average Bonchev–Trinajstić information content (AvgIpc) is 2.67. The molecule has 11 heteroatoms. The van der Waals surface area contributed by atoms with Gasteiger partial charge in [0, 0.05) is 34.0 Å². The van der Waals surface area contributed by atoms with Gasteiger partial charge in [-0.25, -0.2) is 17.6 Å². The standard InChI is InChI=1S/C17H12F4N6O/c18-9-1-3-15(20)11(5-9)13(7-24-26-22)17(28)14(8-25-27-23)12-6-10(19)2-4-16(12)21/h1-6,13-14H,7-8H2. The molecule has 0 heterocycles. The van der Waals surface area contributed by atoms with Gasteiger partial charge in [-0.05, 0) is 47.5 Å². The fourth-order valence-corrected chi connectivity index (χ4v) is 2.73. The fourth-order valence-electron chi connectivity index (χ4n) is 2.73. The van der Waals surface area contributed by atoms with Crippen molar-refractivity contribution in [2.75, 3.05) is 13.1 Å². The Morgan fingerprint density at radius 2 is 1.21 bits per heavy atom. The third-order valence-electron chi connectivity index (χ3n) is 4.01. The van der Waals surface area contributed by atoms with Gasteiger partial charge in [0.2, 0.25) is 0 Å². The molecule has 0 spiro atoms. The molecule has 0 N–H and O–H groups in total. The van der Waals surface area contributed by atoms with Gasteiger partial charge in [0.15, 0.2) is 0 Å². The Kier molecular flexibility index (Phi) is 6.97. The second kappa shape index (κ2) is 9.40. The highest BCUT2D eigenvalue weighted by molar-refractivity contribution is 5.92. The Balaban J connectivity index is 2.59. The zero-order valence-electron chi connectivity index (χ0n) is 14.1. The van der Waals surface area contributed by atoms with Gasteiger partial charge in [-0.1, -0.05) is 10.2 Å². The lowest BCUT2D eigenvalue weighted by Gasteiger charge is -2.22. The number of ketones is 1. The van der Waals surface area contributed by atoms with Crippen LogP contribution in [0.3, 0.4) is 0 Å². The predicted octanol–water partition coefficient (Wildman–Crippen LogP) is 5.30. The lowest BCUT2D eigenvalue weighted by atomic mass is 9.83. The molecule has 0 aliphatic rings. The van der Waals surface area contributed by atoms with Gasteiger partial charge < -0.3 is 0 Å². The van der Waals surface area contributed by atoms with Gasteiger partial charge in [-0.2, -0.15) is 0 Å². The summed E-state index contributed by atoms with van der Waals surface area (Å²) in [5.41, 5.74) is 16.3. The van der Waals surface area contributed by atoms with Crippen LogP contribution in [-0.2, 0) is 4.79 Å². The molecule has 2 atom stereocenters. The summed E-state index contributed by atoms with van der Waals surface area (Å²) >= 11 is 0. The van der Waals surface area contributed by atoms with E-state index in [1.54, 1.807) is 0 Å². The summed E-state index contributed by atoms with van der Waals surface area (Å²) in [6, 6.07) is 4.72. The number of carbonyl (C=O) groups is 1. The SMILES string of the molecule is [N-]=[N+]=NCC(C(=O)C(CN=[N+]=[N-])c1cc(F)ccc1F)c1cc(F)ccc1F. The summed E-state index contributed by atoms with van der Waals surface area (Å²) in [6.45, 7) is -1.20. The van der Waals surface area contributed by atoms with Gasteiger partial charge in [-0.3, -0.25) is 4.79 Å². The van der Waals surface area contributed by atoms with Crippen LogP contribution in [0.1, 0.15) is 23.0 Å².